The van der Waals surface area contributed by atoms with Crippen molar-refractivity contribution in [1.29, 1.82) is 0 Å². The summed E-state index contributed by atoms with van der Waals surface area (Å²) >= 11 is 0. The molecule has 2 rings (SSSR count). The van der Waals surface area contributed by atoms with E-state index >= 15 is 0 Å². The Kier molecular flexibility index (Phi) is 3.49. The molecule has 1 saturated heterocycles. The Morgan fingerprint density at radius 2 is 2.35 bits per heavy atom. The first kappa shape index (κ1) is 12.1. The van der Waals surface area contributed by atoms with Gasteiger partial charge in [0.1, 0.15) is 0 Å². The molecule has 2 heterocycles. The molecule has 1 unspecified atom stereocenters. The summed E-state index contributed by atoms with van der Waals surface area (Å²) < 4.78 is 7.27. The first-order valence-electron chi connectivity index (χ1n) is 5.83. The number of hydrogen-bond donors (Lipinski definition) is 1. The molecule has 1 atom stereocenters. The van der Waals surface area contributed by atoms with E-state index in [1.54, 1.807) is 16.8 Å². The minimum Gasteiger partial charge on any atom is -0.397 e. The zero-order chi connectivity index (χ0) is 12.4. The van der Waals surface area contributed by atoms with E-state index in [1.807, 2.05) is 6.92 Å². The number of aromatic nitrogens is 1. The Bertz CT molecular complexity index is 456. The molecule has 0 aromatic carbocycles. The van der Waals surface area contributed by atoms with E-state index in [9.17, 15) is 4.79 Å². The molecule has 2 N–H and O–H groups in total. The predicted molar refractivity (Wildman–Crippen MR) is 67.1 cm³/mol. The van der Waals surface area contributed by atoms with Crippen LogP contribution in [0.1, 0.15) is 5.56 Å². The molecule has 1 aliphatic rings. The molecule has 0 bridgehead atoms. The maximum atomic E-state index is 11.8. The van der Waals surface area contributed by atoms with Crippen LogP contribution in [0.4, 0.5) is 5.69 Å². The fourth-order valence-electron chi connectivity index (χ4n) is 2.02. The molecule has 0 radical (unpaired) electrons. The molecule has 1 aromatic heterocycles. The molecule has 0 aliphatic carbocycles. The summed E-state index contributed by atoms with van der Waals surface area (Å²) in [7, 11) is 2.06. The molecule has 1 fully saturated rings. The van der Waals surface area contributed by atoms with Crippen LogP contribution in [0.2, 0.25) is 0 Å². The molecule has 0 saturated carbocycles. The minimum atomic E-state index is -0.0199. The number of morpholine rings is 1. The number of hydrogen-bond acceptors (Lipinski definition) is 4. The largest absolute Gasteiger partial charge is 0.397 e. The fourth-order valence-corrected chi connectivity index (χ4v) is 2.02. The Balaban J connectivity index is 2.13. The molecule has 1 aromatic rings. The SMILES string of the molecule is Cc1cc(=O)n(CC2CN(C)CCO2)cc1N. The highest BCUT2D eigenvalue weighted by Crippen LogP contribution is 2.08. The second-order valence-electron chi connectivity index (χ2n) is 4.66. The highest BCUT2D eigenvalue weighted by molar-refractivity contribution is 5.42. The van der Waals surface area contributed by atoms with Gasteiger partial charge in [0.15, 0.2) is 0 Å². The van der Waals surface area contributed by atoms with Gasteiger partial charge >= 0.3 is 0 Å². The molecule has 17 heavy (non-hydrogen) atoms. The van der Waals surface area contributed by atoms with Crippen molar-refractivity contribution in [2.45, 2.75) is 19.6 Å². The maximum Gasteiger partial charge on any atom is 0.251 e. The zero-order valence-electron chi connectivity index (χ0n) is 10.3. The van der Waals surface area contributed by atoms with Crippen LogP contribution >= 0.6 is 0 Å². The van der Waals surface area contributed by atoms with Crippen molar-refractivity contribution in [3.05, 3.63) is 28.2 Å². The van der Waals surface area contributed by atoms with Gasteiger partial charge in [-0.25, -0.2) is 0 Å². The van der Waals surface area contributed by atoms with E-state index in [-0.39, 0.29) is 11.7 Å². The monoisotopic (exact) mass is 237 g/mol. The highest BCUT2D eigenvalue weighted by atomic mass is 16.5. The molecule has 5 nitrogen and oxygen atoms in total. The molecule has 94 valence electrons. The van der Waals surface area contributed by atoms with E-state index in [1.165, 1.54) is 0 Å². The lowest BCUT2D eigenvalue weighted by Crippen LogP contribution is -2.43. The number of nitrogen functional groups attached to an aromatic ring is 1. The van der Waals surface area contributed by atoms with Crippen molar-refractivity contribution in [2.24, 2.45) is 0 Å². The van der Waals surface area contributed by atoms with Crippen LogP contribution in [0.15, 0.2) is 17.1 Å². The third-order valence-corrected chi connectivity index (χ3v) is 3.12. The Morgan fingerprint density at radius 1 is 1.59 bits per heavy atom. The fraction of sp³-hybridized carbons (Fsp3) is 0.583. The highest BCUT2D eigenvalue weighted by Gasteiger charge is 2.18. The lowest BCUT2D eigenvalue weighted by atomic mass is 10.2. The van der Waals surface area contributed by atoms with Gasteiger partial charge in [0.05, 0.1) is 24.9 Å². The average molecular weight is 237 g/mol. The third kappa shape index (κ3) is 2.87. The van der Waals surface area contributed by atoms with Crippen molar-refractivity contribution in [1.82, 2.24) is 9.47 Å². The van der Waals surface area contributed by atoms with Crippen molar-refractivity contribution < 1.29 is 4.74 Å². The molecule has 1 aliphatic heterocycles. The molecule has 5 heteroatoms. The number of nitrogens with zero attached hydrogens (tertiary/aromatic N) is 2. The third-order valence-electron chi connectivity index (χ3n) is 3.12. The van der Waals surface area contributed by atoms with Crippen molar-refractivity contribution >= 4 is 5.69 Å². The number of anilines is 1. The maximum absolute atomic E-state index is 11.8. The van der Waals surface area contributed by atoms with E-state index < -0.39 is 0 Å². The van der Waals surface area contributed by atoms with Gasteiger partial charge in [-0.15, -0.1) is 0 Å². The zero-order valence-corrected chi connectivity index (χ0v) is 10.3. The van der Waals surface area contributed by atoms with Gasteiger partial charge < -0.3 is 19.9 Å². The van der Waals surface area contributed by atoms with Gasteiger partial charge in [0, 0.05) is 25.4 Å². The molecular weight excluding hydrogens is 218 g/mol. The van der Waals surface area contributed by atoms with Gasteiger partial charge in [0.25, 0.3) is 5.56 Å². The summed E-state index contributed by atoms with van der Waals surface area (Å²) in [6.07, 6.45) is 1.77. The van der Waals surface area contributed by atoms with Crippen LogP contribution < -0.4 is 11.3 Å². The predicted octanol–water partition coefficient (Wildman–Crippen LogP) is 0.0695. The van der Waals surface area contributed by atoms with Gasteiger partial charge in [0.2, 0.25) is 0 Å². The number of pyridine rings is 1. The van der Waals surface area contributed by atoms with Gasteiger partial charge in [-0.1, -0.05) is 0 Å². The van der Waals surface area contributed by atoms with E-state index in [0.29, 0.717) is 12.2 Å². The van der Waals surface area contributed by atoms with Gasteiger partial charge in [-0.2, -0.15) is 0 Å². The van der Waals surface area contributed by atoms with Crippen molar-refractivity contribution in [2.75, 3.05) is 32.5 Å². The lowest BCUT2D eigenvalue weighted by molar-refractivity contribution is -0.0278. The van der Waals surface area contributed by atoms with E-state index in [2.05, 4.69) is 11.9 Å². The first-order chi connectivity index (χ1) is 8.06. The summed E-state index contributed by atoms with van der Waals surface area (Å²) in [5.74, 6) is 0. The van der Waals surface area contributed by atoms with Gasteiger partial charge in [-0.05, 0) is 19.5 Å². The molecule has 0 spiro atoms. The summed E-state index contributed by atoms with van der Waals surface area (Å²) in [6, 6.07) is 1.57. The van der Waals surface area contributed by atoms with Crippen LogP contribution in [-0.4, -0.2) is 42.3 Å². The topological polar surface area (TPSA) is 60.5 Å². The lowest BCUT2D eigenvalue weighted by Gasteiger charge is -2.30. The van der Waals surface area contributed by atoms with E-state index in [0.717, 1.165) is 25.3 Å². The number of nitrogens with two attached hydrogens (primary N) is 1. The summed E-state index contributed by atoms with van der Waals surface area (Å²) in [5.41, 5.74) is 7.26. The van der Waals surface area contributed by atoms with Crippen molar-refractivity contribution in [3.63, 3.8) is 0 Å². The second kappa shape index (κ2) is 4.89. The van der Waals surface area contributed by atoms with Crippen LogP contribution in [0.5, 0.6) is 0 Å². The van der Waals surface area contributed by atoms with Crippen LogP contribution in [0.3, 0.4) is 0 Å². The van der Waals surface area contributed by atoms with E-state index in [4.69, 9.17) is 10.5 Å². The number of rotatable bonds is 2. The quantitative estimate of drug-likeness (QED) is 0.790. The average Bonchev–Trinajstić information content (AvgIpc) is 2.26. The molecular formula is C12H19N3O2. The van der Waals surface area contributed by atoms with Crippen LogP contribution in [0.25, 0.3) is 0 Å². The van der Waals surface area contributed by atoms with Crippen LogP contribution in [-0.2, 0) is 11.3 Å². The minimum absolute atomic E-state index is 0.0199. The summed E-state index contributed by atoms with van der Waals surface area (Å²) in [5, 5.41) is 0. The standard InChI is InChI=1S/C12H19N3O2/c1-9-5-12(16)15(8-11(9)13)7-10-6-14(2)3-4-17-10/h5,8,10H,3-4,6-7,13H2,1-2H3. The summed E-state index contributed by atoms with van der Waals surface area (Å²) in [4.78, 5) is 14.0. The second-order valence-corrected chi connectivity index (χ2v) is 4.66. The smallest absolute Gasteiger partial charge is 0.251 e. The summed E-state index contributed by atoms with van der Waals surface area (Å²) in [6.45, 7) is 4.92. The number of aryl methyl sites for hydroxylation is 1. The Morgan fingerprint density at radius 3 is 3.06 bits per heavy atom. The number of likely N-dealkylation sites (N-methyl/N-ethyl adjacent to an activating group) is 1. The number of ether oxygens (including phenoxy) is 1. The molecule has 0 amide bonds. The van der Waals surface area contributed by atoms with Crippen molar-refractivity contribution in [3.8, 4) is 0 Å². The Hall–Kier alpha value is -1.33. The normalized spacial score (nSPS) is 21.6. The Labute approximate surface area is 101 Å². The first-order valence-corrected chi connectivity index (χ1v) is 5.83. The van der Waals surface area contributed by atoms with Gasteiger partial charge in [-0.3, -0.25) is 4.79 Å². The van der Waals surface area contributed by atoms with Crippen LogP contribution in [0, 0.1) is 6.92 Å².